The summed E-state index contributed by atoms with van der Waals surface area (Å²) < 4.78 is 5.62. The molecule has 1 atom stereocenters. The number of benzene rings is 1. The summed E-state index contributed by atoms with van der Waals surface area (Å²) in [6, 6.07) is 7.70. The van der Waals surface area contributed by atoms with E-state index in [1.807, 2.05) is 31.3 Å². The molecule has 21 heavy (non-hydrogen) atoms. The highest BCUT2D eigenvalue weighted by molar-refractivity contribution is 7.80. The summed E-state index contributed by atoms with van der Waals surface area (Å²) in [6.45, 7) is 1.33. The molecule has 1 fully saturated rings. The van der Waals surface area contributed by atoms with Crippen molar-refractivity contribution in [2.45, 2.75) is 38.3 Å². The van der Waals surface area contributed by atoms with Crippen LogP contribution >= 0.6 is 12.2 Å². The number of thiocarbonyl (C=S) groups is 1. The Morgan fingerprint density at radius 3 is 2.95 bits per heavy atom. The van der Waals surface area contributed by atoms with Gasteiger partial charge in [-0.05, 0) is 30.9 Å². The van der Waals surface area contributed by atoms with Gasteiger partial charge in [-0.25, -0.2) is 0 Å². The van der Waals surface area contributed by atoms with E-state index in [0.29, 0.717) is 18.0 Å². The molecular formula is C16H22N2O2S. The minimum atomic E-state index is 0.0802. The number of carbonyl (C=O) groups excluding carboxylic acids is 1. The molecule has 1 heterocycles. The van der Waals surface area contributed by atoms with E-state index in [0.717, 1.165) is 37.0 Å². The van der Waals surface area contributed by atoms with Crippen LogP contribution in [-0.2, 0) is 16.1 Å². The SMILES string of the molecule is CN(Cc1cccc(C(N)=S)c1)C(=O)CC1CCCCO1. The second kappa shape index (κ2) is 7.52. The van der Waals surface area contributed by atoms with Crippen LogP contribution in [0, 0.1) is 0 Å². The van der Waals surface area contributed by atoms with Crippen LogP contribution in [0.2, 0.25) is 0 Å². The molecule has 1 unspecified atom stereocenters. The topological polar surface area (TPSA) is 55.6 Å². The van der Waals surface area contributed by atoms with Crippen molar-refractivity contribution in [3.05, 3.63) is 35.4 Å². The molecule has 1 aromatic carbocycles. The van der Waals surface area contributed by atoms with Gasteiger partial charge in [-0.1, -0.05) is 30.4 Å². The largest absolute Gasteiger partial charge is 0.389 e. The molecule has 1 amide bonds. The molecule has 114 valence electrons. The van der Waals surface area contributed by atoms with Crippen molar-refractivity contribution < 1.29 is 9.53 Å². The lowest BCUT2D eigenvalue weighted by atomic mass is 10.1. The summed E-state index contributed by atoms with van der Waals surface area (Å²) in [5, 5.41) is 0. The van der Waals surface area contributed by atoms with Gasteiger partial charge >= 0.3 is 0 Å². The number of hydrogen-bond donors (Lipinski definition) is 1. The van der Waals surface area contributed by atoms with Crippen LogP contribution in [-0.4, -0.2) is 35.6 Å². The molecule has 0 saturated carbocycles. The Balaban J connectivity index is 1.90. The first-order valence-electron chi connectivity index (χ1n) is 7.30. The highest BCUT2D eigenvalue weighted by Crippen LogP contribution is 2.17. The van der Waals surface area contributed by atoms with Crippen LogP contribution in [0.4, 0.5) is 0 Å². The first-order chi connectivity index (χ1) is 10.1. The third-order valence-corrected chi connectivity index (χ3v) is 3.97. The Labute approximate surface area is 131 Å². The smallest absolute Gasteiger partial charge is 0.225 e. The van der Waals surface area contributed by atoms with E-state index in [9.17, 15) is 4.79 Å². The van der Waals surface area contributed by atoms with Crippen LogP contribution in [0.5, 0.6) is 0 Å². The summed E-state index contributed by atoms with van der Waals surface area (Å²) >= 11 is 4.98. The lowest BCUT2D eigenvalue weighted by Gasteiger charge is -2.25. The van der Waals surface area contributed by atoms with E-state index >= 15 is 0 Å². The normalized spacial score (nSPS) is 18.2. The molecule has 1 aliphatic rings. The van der Waals surface area contributed by atoms with E-state index < -0.39 is 0 Å². The highest BCUT2D eigenvalue weighted by atomic mass is 32.1. The summed E-state index contributed by atoms with van der Waals surface area (Å²) in [7, 11) is 1.82. The molecule has 0 spiro atoms. The molecule has 2 rings (SSSR count). The lowest BCUT2D eigenvalue weighted by molar-refractivity contribution is -0.134. The first kappa shape index (κ1) is 15.9. The van der Waals surface area contributed by atoms with Crippen LogP contribution in [0.15, 0.2) is 24.3 Å². The van der Waals surface area contributed by atoms with E-state index in [1.165, 1.54) is 0 Å². The Bertz CT molecular complexity index is 513. The van der Waals surface area contributed by atoms with Crippen molar-refractivity contribution in [2.24, 2.45) is 5.73 Å². The second-order valence-electron chi connectivity index (χ2n) is 5.51. The fourth-order valence-corrected chi connectivity index (χ4v) is 2.63. The molecule has 1 aromatic rings. The fourth-order valence-electron chi connectivity index (χ4n) is 2.50. The number of nitrogens with two attached hydrogens (primary N) is 1. The monoisotopic (exact) mass is 306 g/mol. The second-order valence-corrected chi connectivity index (χ2v) is 5.95. The first-order valence-corrected chi connectivity index (χ1v) is 7.71. The number of ether oxygens (including phenoxy) is 1. The zero-order valence-electron chi connectivity index (χ0n) is 12.4. The summed E-state index contributed by atoms with van der Waals surface area (Å²) in [6.07, 6.45) is 3.78. The Hall–Kier alpha value is -1.46. The predicted molar refractivity (Wildman–Crippen MR) is 87.0 cm³/mol. The Kier molecular flexibility index (Phi) is 5.70. The van der Waals surface area contributed by atoms with Gasteiger partial charge in [0.15, 0.2) is 0 Å². The Morgan fingerprint density at radius 1 is 1.48 bits per heavy atom. The van der Waals surface area contributed by atoms with E-state index in [2.05, 4.69) is 0 Å². The predicted octanol–water partition coefficient (Wildman–Crippen LogP) is 2.24. The molecule has 0 bridgehead atoms. The van der Waals surface area contributed by atoms with Gasteiger partial charge < -0.3 is 15.4 Å². The van der Waals surface area contributed by atoms with Gasteiger partial charge in [0, 0.05) is 25.8 Å². The van der Waals surface area contributed by atoms with Crippen LogP contribution in [0.3, 0.4) is 0 Å². The molecule has 4 nitrogen and oxygen atoms in total. The van der Waals surface area contributed by atoms with Gasteiger partial charge in [0.05, 0.1) is 12.5 Å². The lowest BCUT2D eigenvalue weighted by Crippen LogP contribution is -2.31. The zero-order chi connectivity index (χ0) is 15.2. The summed E-state index contributed by atoms with van der Waals surface area (Å²) in [5.74, 6) is 0.114. The number of carbonyl (C=O) groups is 1. The number of hydrogen-bond acceptors (Lipinski definition) is 3. The van der Waals surface area contributed by atoms with Gasteiger partial charge in [0.2, 0.25) is 5.91 Å². The molecule has 1 aliphatic heterocycles. The standard InChI is InChI=1S/C16H22N2O2S/c1-18(15(19)10-14-7-2-3-8-20-14)11-12-5-4-6-13(9-12)16(17)21/h4-6,9,14H,2-3,7-8,10-11H2,1H3,(H2,17,21). The minimum absolute atomic E-state index is 0.0802. The summed E-state index contributed by atoms with van der Waals surface area (Å²) in [5.41, 5.74) is 7.49. The average Bonchev–Trinajstić information content (AvgIpc) is 2.48. The average molecular weight is 306 g/mol. The third kappa shape index (κ3) is 4.79. The maximum absolute atomic E-state index is 12.2. The number of rotatable bonds is 5. The van der Waals surface area contributed by atoms with Crippen molar-refractivity contribution in [1.82, 2.24) is 4.90 Å². The van der Waals surface area contributed by atoms with Gasteiger partial charge in [0.25, 0.3) is 0 Å². The number of amides is 1. The molecule has 1 saturated heterocycles. The van der Waals surface area contributed by atoms with E-state index in [4.69, 9.17) is 22.7 Å². The van der Waals surface area contributed by atoms with Gasteiger partial charge in [0.1, 0.15) is 4.99 Å². The molecule has 5 heteroatoms. The molecular weight excluding hydrogens is 284 g/mol. The van der Waals surface area contributed by atoms with Crippen molar-refractivity contribution in [3.8, 4) is 0 Å². The maximum Gasteiger partial charge on any atom is 0.225 e. The van der Waals surface area contributed by atoms with Crippen LogP contribution in [0.1, 0.15) is 36.8 Å². The van der Waals surface area contributed by atoms with Crippen molar-refractivity contribution >= 4 is 23.1 Å². The van der Waals surface area contributed by atoms with Crippen molar-refractivity contribution in [3.63, 3.8) is 0 Å². The van der Waals surface area contributed by atoms with Gasteiger partial charge in [-0.2, -0.15) is 0 Å². The van der Waals surface area contributed by atoms with Crippen LogP contribution in [0.25, 0.3) is 0 Å². The number of nitrogens with zero attached hydrogens (tertiary/aromatic N) is 1. The molecule has 0 radical (unpaired) electrons. The van der Waals surface area contributed by atoms with Crippen LogP contribution < -0.4 is 5.73 Å². The molecule has 2 N–H and O–H groups in total. The van der Waals surface area contributed by atoms with Crippen molar-refractivity contribution in [2.75, 3.05) is 13.7 Å². The maximum atomic E-state index is 12.2. The molecule has 0 aliphatic carbocycles. The Morgan fingerprint density at radius 2 is 2.29 bits per heavy atom. The van der Waals surface area contributed by atoms with Gasteiger partial charge in [-0.3, -0.25) is 4.79 Å². The van der Waals surface area contributed by atoms with Gasteiger partial charge in [-0.15, -0.1) is 0 Å². The van der Waals surface area contributed by atoms with E-state index in [-0.39, 0.29) is 12.0 Å². The molecule has 0 aromatic heterocycles. The summed E-state index contributed by atoms with van der Waals surface area (Å²) in [4.78, 5) is 14.3. The highest BCUT2D eigenvalue weighted by Gasteiger charge is 2.20. The zero-order valence-corrected chi connectivity index (χ0v) is 13.2. The quantitative estimate of drug-likeness (QED) is 0.848. The van der Waals surface area contributed by atoms with Crippen molar-refractivity contribution in [1.29, 1.82) is 0 Å². The minimum Gasteiger partial charge on any atom is -0.389 e. The third-order valence-electron chi connectivity index (χ3n) is 3.73. The fraction of sp³-hybridized carbons (Fsp3) is 0.500. The van der Waals surface area contributed by atoms with E-state index in [1.54, 1.807) is 4.90 Å².